The molecule has 15 fully saturated rings. The van der Waals surface area contributed by atoms with Crippen molar-refractivity contribution in [3.63, 3.8) is 0 Å². The lowest BCUT2D eigenvalue weighted by Gasteiger charge is -2.50. The molecule has 1 aromatic rings. The summed E-state index contributed by atoms with van der Waals surface area (Å²) >= 11 is 1.86. The lowest BCUT2D eigenvalue weighted by Crippen LogP contribution is -2.68. The first-order valence-electron chi connectivity index (χ1n) is 28.2. The van der Waals surface area contributed by atoms with E-state index in [0.29, 0.717) is 3.57 Å². The molecule has 0 aliphatic carbocycles. The fourth-order valence-corrected chi connectivity index (χ4v) is 12.6. The van der Waals surface area contributed by atoms with Gasteiger partial charge in [-0.25, -0.2) is 4.79 Å². The molecule has 16 rings (SSSR count). The minimum absolute atomic E-state index is 0.0182. The van der Waals surface area contributed by atoms with Gasteiger partial charge in [-0.1, -0.05) is 12.1 Å². The molecular weight excluding hydrogens is 1330 g/mol. The van der Waals surface area contributed by atoms with Crippen LogP contribution in [0, 0.1) is 3.57 Å². The van der Waals surface area contributed by atoms with Gasteiger partial charge in [0.1, 0.15) is 171 Å². The minimum Gasteiger partial charge on any atom is -0.465 e. The molecule has 14 bridgehead atoms. The second-order valence-electron chi connectivity index (χ2n) is 22.2. The number of aliphatic hydroxyl groups excluding tert-OH is 20. The zero-order valence-electron chi connectivity index (χ0n) is 46.9. The van der Waals surface area contributed by atoms with E-state index in [1.54, 1.807) is 12.1 Å². The SMILES string of the molecule is COC(=O)c1c(I)cccc1CO[C@H]1[C@H]2O[C@H]3[C@H](O)[C@@H](O)[C@@H](O[C@H]4[C@H](O)[C@@H](O)[C@@H](O[C@H]5[C@H](O)[C@@H](O)[C@@H](O[C@H]6[C@@H](O)[C@H](O)[C@@H](O[C@H]7[C@@H](O)[C@H](O)[C@@H](O[C@H]8[C@@H](O)[C@H](O)[C@@H](O[C@@H]([C@@H]1O)[C@@H](CO)O2)O[C@@H]8CO)O[C@@H]7CO)O[C@@H]6CO)O[C@@H]5CO)O[C@@H]4CO)O[C@@H]3CO. The van der Waals surface area contributed by atoms with Crippen LogP contribution in [0.1, 0.15) is 15.9 Å². The summed E-state index contributed by atoms with van der Waals surface area (Å²) in [5.41, 5.74) is 0.177. The van der Waals surface area contributed by atoms with Crippen LogP contribution in [-0.4, -0.2) is 376 Å². The molecule has 0 saturated carbocycles. The number of rotatable bonds is 11. The molecule has 510 valence electrons. The van der Waals surface area contributed by atoms with Crippen molar-refractivity contribution < 1.29 is 183 Å². The number of hydrogen-bond donors (Lipinski definition) is 20. The molecule has 35 atom stereocenters. The van der Waals surface area contributed by atoms with E-state index in [9.17, 15) is 107 Å². The topological polar surface area (TPSA) is 569 Å². The Morgan fingerprint density at radius 1 is 0.360 bits per heavy atom. The summed E-state index contributed by atoms with van der Waals surface area (Å²) in [6.45, 7) is -8.05. The fraction of sp³-hybridized carbons (Fsp3) is 0.863. The highest BCUT2D eigenvalue weighted by atomic mass is 127. The second kappa shape index (κ2) is 30.8. The Morgan fingerprint density at radius 3 is 0.843 bits per heavy atom. The number of carbonyl (C=O) groups excluding carboxylic acids is 1. The molecule has 38 heteroatoms. The maximum Gasteiger partial charge on any atom is 0.339 e. The molecule has 0 spiro atoms. The third kappa shape index (κ3) is 14.4. The number of fused-ring (bicyclic) bond motifs is 7. The maximum atomic E-state index is 13.0. The highest BCUT2D eigenvalue weighted by Crippen LogP contribution is 2.40. The molecule has 15 aliphatic rings. The van der Waals surface area contributed by atoms with Crippen LogP contribution in [0.3, 0.4) is 0 Å². The number of ether oxygens (including phenoxy) is 16. The van der Waals surface area contributed by atoms with E-state index in [2.05, 4.69) is 0 Å². The Labute approximate surface area is 517 Å². The van der Waals surface area contributed by atoms with Crippen molar-refractivity contribution in [3.8, 4) is 0 Å². The van der Waals surface area contributed by atoms with Gasteiger partial charge in [-0.3, -0.25) is 0 Å². The molecule has 0 unspecified atom stereocenters. The van der Waals surface area contributed by atoms with Crippen LogP contribution >= 0.6 is 22.6 Å². The predicted octanol–water partition coefficient (Wildman–Crippen LogP) is -12.6. The van der Waals surface area contributed by atoms with Gasteiger partial charge >= 0.3 is 5.97 Å². The van der Waals surface area contributed by atoms with E-state index in [1.165, 1.54) is 6.07 Å². The molecule has 0 aromatic heterocycles. The number of aliphatic hydroxyl groups is 20. The van der Waals surface area contributed by atoms with E-state index in [1.807, 2.05) is 22.6 Å². The number of carbonyl (C=O) groups is 1. The second-order valence-corrected chi connectivity index (χ2v) is 23.4. The average Bonchev–Trinajstić information content (AvgIpc) is 1.01. The van der Waals surface area contributed by atoms with Crippen LogP contribution in [0.2, 0.25) is 0 Å². The maximum absolute atomic E-state index is 13.0. The van der Waals surface area contributed by atoms with E-state index < -0.39 is 274 Å². The molecule has 1 aromatic carbocycles. The van der Waals surface area contributed by atoms with E-state index in [-0.39, 0.29) is 11.1 Å². The molecular formula is C51H77IO37. The summed E-state index contributed by atoms with van der Waals surface area (Å²) in [6, 6.07) is 4.58. The molecule has 0 amide bonds. The van der Waals surface area contributed by atoms with Gasteiger partial charge < -0.3 is 178 Å². The van der Waals surface area contributed by atoms with Crippen LogP contribution in [-0.2, 0) is 82.4 Å². The Balaban J connectivity index is 1.04. The third-order valence-electron chi connectivity index (χ3n) is 16.7. The highest BCUT2D eigenvalue weighted by Gasteiger charge is 2.60. The molecule has 15 saturated heterocycles. The summed E-state index contributed by atoms with van der Waals surface area (Å²) in [7, 11) is 1.12. The standard InChI is InChI=1S/C51H77IO37/c1-74-44(73)22-13(3-2-4-14(22)52)12-75-43-35(72)42-21(11-59)82-51(43)89-41-20(10-58)81-49(34(71)28(41)65)87-39-18(8-56)79-47(32(69)26(39)63)85-37-16(6-54)77-45(30(67)24(37)61)83-36-15(5-53)76-46(29(66)23(36)60)84-38-17(7-55)78-48(31(68)25(38)62)86-40-19(9-57)80-50(88-42)33(70)27(40)64/h2-4,15-21,23-43,45-51,53-72H,5-12H2,1H3/t15-,16-,17-,18-,19-,20-,21-,23+,24-,25+,26-,27+,28-,29+,30-,31+,32-,33+,34-,35+,36-,37-,38-,39-,40-,41-,42-,43-,45-,46-,47-,48-,49-,50-,51-/m1/s1. The van der Waals surface area contributed by atoms with Crippen molar-refractivity contribution in [1.82, 2.24) is 0 Å². The summed E-state index contributed by atoms with van der Waals surface area (Å²) in [5.74, 6) is -0.805. The summed E-state index contributed by atoms with van der Waals surface area (Å²) in [6.07, 6.45) is -70.8. The zero-order chi connectivity index (χ0) is 64.6. The monoisotopic (exact) mass is 1410 g/mol. The van der Waals surface area contributed by atoms with E-state index in [4.69, 9.17) is 75.8 Å². The minimum atomic E-state index is -2.25. The van der Waals surface area contributed by atoms with Crippen molar-refractivity contribution in [2.75, 3.05) is 53.4 Å². The van der Waals surface area contributed by atoms with Gasteiger partial charge in [-0.15, -0.1) is 0 Å². The van der Waals surface area contributed by atoms with Gasteiger partial charge in [-0.2, -0.15) is 0 Å². The van der Waals surface area contributed by atoms with Crippen molar-refractivity contribution in [1.29, 1.82) is 0 Å². The van der Waals surface area contributed by atoms with Crippen LogP contribution in [0.25, 0.3) is 0 Å². The normalized spacial score (nSPS) is 49.4. The van der Waals surface area contributed by atoms with Crippen LogP contribution < -0.4 is 0 Å². The van der Waals surface area contributed by atoms with E-state index >= 15 is 0 Å². The van der Waals surface area contributed by atoms with Gasteiger partial charge in [0.25, 0.3) is 0 Å². The number of hydrogen-bond acceptors (Lipinski definition) is 37. The Kier molecular flexibility index (Phi) is 24.7. The van der Waals surface area contributed by atoms with Crippen LogP contribution in [0.4, 0.5) is 0 Å². The number of benzene rings is 1. The number of halogens is 1. The Bertz CT molecular complexity index is 2400. The summed E-state index contributed by atoms with van der Waals surface area (Å²) in [5, 5.41) is 224. The molecule has 20 N–H and O–H groups in total. The van der Waals surface area contributed by atoms with Gasteiger partial charge in [0, 0.05) is 3.57 Å². The lowest BCUT2D eigenvalue weighted by atomic mass is 9.95. The van der Waals surface area contributed by atoms with E-state index in [0.717, 1.165) is 7.11 Å². The Morgan fingerprint density at radius 2 is 0.596 bits per heavy atom. The summed E-state index contributed by atoms with van der Waals surface area (Å²) in [4.78, 5) is 13.0. The number of methoxy groups -OCH3 is 1. The fourth-order valence-electron chi connectivity index (χ4n) is 11.8. The molecule has 15 heterocycles. The van der Waals surface area contributed by atoms with Gasteiger partial charge in [-0.05, 0) is 34.2 Å². The number of esters is 1. The highest BCUT2D eigenvalue weighted by molar-refractivity contribution is 14.1. The average molecular weight is 1410 g/mol. The molecule has 89 heavy (non-hydrogen) atoms. The van der Waals surface area contributed by atoms with Crippen molar-refractivity contribution in [3.05, 3.63) is 32.9 Å². The first-order chi connectivity index (χ1) is 42.5. The van der Waals surface area contributed by atoms with Crippen molar-refractivity contribution in [2.24, 2.45) is 0 Å². The van der Waals surface area contributed by atoms with Crippen LogP contribution in [0.5, 0.6) is 0 Å². The Hall–Kier alpha value is -1.98. The molecule has 15 aliphatic heterocycles. The first-order valence-corrected chi connectivity index (χ1v) is 29.3. The lowest BCUT2D eigenvalue weighted by molar-refractivity contribution is -0.398. The van der Waals surface area contributed by atoms with Gasteiger partial charge in [0.15, 0.2) is 44.0 Å². The smallest absolute Gasteiger partial charge is 0.339 e. The largest absolute Gasteiger partial charge is 0.465 e. The zero-order valence-corrected chi connectivity index (χ0v) is 49.0. The first kappa shape index (κ1) is 71.3. The van der Waals surface area contributed by atoms with Gasteiger partial charge in [0.2, 0.25) is 0 Å². The predicted molar refractivity (Wildman–Crippen MR) is 282 cm³/mol. The molecule has 37 nitrogen and oxygen atoms in total. The van der Waals surface area contributed by atoms with Crippen LogP contribution in [0.15, 0.2) is 18.2 Å². The van der Waals surface area contributed by atoms with Crippen molar-refractivity contribution >= 4 is 28.6 Å². The summed E-state index contributed by atoms with van der Waals surface area (Å²) < 4.78 is 93.2. The molecule has 0 radical (unpaired) electrons. The van der Waals surface area contributed by atoms with Gasteiger partial charge in [0.05, 0.1) is 65.5 Å². The quantitative estimate of drug-likeness (QED) is 0.0723. The third-order valence-corrected chi connectivity index (χ3v) is 17.6. The van der Waals surface area contributed by atoms with Crippen molar-refractivity contribution in [2.45, 2.75) is 222 Å².